The Morgan fingerprint density at radius 1 is 1.21 bits per heavy atom. The molecule has 0 aromatic carbocycles. The van der Waals surface area contributed by atoms with Gasteiger partial charge in [-0.05, 0) is 23.7 Å². The van der Waals surface area contributed by atoms with Crippen LogP contribution in [0, 0.1) is 16.7 Å². The second kappa shape index (κ2) is 4.39. The highest BCUT2D eigenvalue weighted by Gasteiger charge is 2.65. The summed E-state index contributed by atoms with van der Waals surface area (Å²) in [6.07, 6.45) is 1.43. The minimum Gasteiger partial charge on any atom is -0.481 e. The van der Waals surface area contributed by atoms with Crippen molar-refractivity contribution in [2.24, 2.45) is 16.7 Å². The van der Waals surface area contributed by atoms with Crippen LogP contribution in [0.2, 0.25) is 0 Å². The first kappa shape index (κ1) is 14.2. The molecule has 0 aromatic rings. The average molecular weight is 268 g/mol. The molecule has 0 bridgehead atoms. The lowest BCUT2D eigenvalue weighted by atomic mass is 9.99. The molecule has 0 spiro atoms. The zero-order valence-electron chi connectivity index (χ0n) is 12.2. The Kier molecular flexibility index (Phi) is 3.27. The van der Waals surface area contributed by atoms with Crippen LogP contribution in [-0.2, 0) is 4.79 Å². The SMILES string of the molecule is CC1(C)C(NC(=O)N2CCC[C@@H](C(=O)O)C2)C1(C)C. The number of carbonyl (C=O) groups is 2. The maximum absolute atomic E-state index is 12.2. The first-order valence-electron chi connectivity index (χ1n) is 6.96. The maximum atomic E-state index is 12.2. The standard InChI is InChI=1S/C14H24N2O3/c1-13(2)11(14(13,3)4)15-12(19)16-7-5-6-9(8-16)10(17)18/h9,11H,5-8H2,1-4H3,(H,15,19)(H,17,18)/t9-/m1/s1. The second-order valence-corrected chi connectivity index (χ2v) is 6.95. The number of urea groups is 1. The molecule has 108 valence electrons. The highest BCUT2D eigenvalue weighted by Crippen LogP contribution is 2.62. The lowest BCUT2D eigenvalue weighted by molar-refractivity contribution is -0.143. The summed E-state index contributed by atoms with van der Waals surface area (Å²) in [7, 11) is 0. The number of hydrogen-bond acceptors (Lipinski definition) is 2. The molecule has 2 amide bonds. The monoisotopic (exact) mass is 268 g/mol. The Balaban J connectivity index is 1.93. The number of piperidine rings is 1. The third kappa shape index (κ3) is 2.30. The topological polar surface area (TPSA) is 69.6 Å². The van der Waals surface area contributed by atoms with Gasteiger partial charge in [0.15, 0.2) is 0 Å². The van der Waals surface area contributed by atoms with Crippen LogP contribution in [-0.4, -0.2) is 41.1 Å². The van der Waals surface area contributed by atoms with Crippen molar-refractivity contribution in [1.82, 2.24) is 10.2 Å². The molecule has 2 aliphatic rings. The largest absolute Gasteiger partial charge is 0.481 e. The van der Waals surface area contributed by atoms with Crippen LogP contribution in [0.1, 0.15) is 40.5 Å². The summed E-state index contributed by atoms with van der Waals surface area (Å²) in [5.74, 6) is -1.22. The number of hydrogen-bond donors (Lipinski definition) is 2. The highest BCUT2D eigenvalue weighted by molar-refractivity contribution is 5.77. The van der Waals surface area contributed by atoms with Crippen LogP contribution in [0.4, 0.5) is 4.79 Å². The van der Waals surface area contributed by atoms with Crippen molar-refractivity contribution < 1.29 is 14.7 Å². The predicted octanol–water partition coefficient (Wildman–Crippen LogP) is 1.93. The number of carboxylic acids is 1. The summed E-state index contributed by atoms with van der Waals surface area (Å²) >= 11 is 0. The van der Waals surface area contributed by atoms with E-state index in [2.05, 4.69) is 33.0 Å². The number of nitrogens with zero attached hydrogens (tertiary/aromatic N) is 1. The summed E-state index contributed by atoms with van der Waals surface area (Å²) in [5, 5.41) is 12.1. The number of amides is 2. The van der Waals surface area contributed by atoms with E-state index in [1.165, 1.54) is 0 Å². The Morgan fingerprint density at radius 3 is 2.26 bits per heavy atom. The molecule has 1 saturated carbocycles. The molecule has 5 heteroatoms. The van der Waals surface area contributed by atoms with Gasteiger partial charge in [0.1, 0.15) is 0 Å². The van der Waals surface area contributed by atoms with Gasteiger partial charge in [-0.25, -0.2) is 4.79 Å². The summed E-state index contributed by atoms with van der Waals surface area (Å²) in [6.45, 7) is 9.57. The van der Waals surface area contributed by atoms with E-state index in [-0.39, 0.29) is 22.9 Å². The summed E-state index contributed by atoms with van der Waals surface area (Å²) < 4.78 is 0. The molecule has 5 nitrogen and oxygen atoms in total. The minimum absolute atomic E-state index is 0.102. The van der Waals surface area contributed by atoms with Crippen molar-refractivity contribution >= 4 is 12.0 Å². The van der Waals surface area contributed by atoms with Gasteiger partial charge in [-0.15, -0.1) is 0 Å². The van der Waals surface area contributed by atoms with Gasteiger partial charge in [0.2, 0.25) is 0 Å². The van der Waals surface area contributed by atoms with E-state index in [1.807, 2.05) is 0 Å². The van der Waals surface area contributed by atoms with Crippen molar-refractivity contribution in [1.29, 1.82) is 0 Å². The number of carbonyl (C=O) groups excluding carboxylic acids is 1. The lowest BCUT2D eigenvalue weighted by Crippen LogP contribution is -2.48. The Bertz CT molecular complexity index is 389. The molecule has 0 radical (unpaired) electrons. The molecular formula is C14H24N2O3. The number of aliphatic carboxylic acids is 1. The van der Waals surface area contributed by atoms with Gasteiger partial charge in [-0.1, -0.05) is 27.7 Å². The van der Waals surface area contributed by atoms with Crippen molar-refractivity contribution in [3.63, 3.8) is 0 Å². The van der Waals surface area contributed by atoms with Crippen LogP contribution in [0.25, 0.3) is 0 Å². The van der Waals surface area contributed by atoms with Gasteiger partial charge >= 0.3 is 12.0 Å². The zero-order chi connectivity index (χ0) is 14.4. The Labute approximate surface area is 114 Å². The van der Waals surface area contributed by atoms with Gasteiger partial charge in [-0.3, -0.25) is 4.79 Å². The van der Waals surface area contributed by atoms with E-state index in [9.17, 15) is 9.59 Å². The average Bonchev–Trinajstić information content (AvgIpc) is 2.71. The molecule has 2 fully saturated rings. The fourth-order valence-electron chi connectivity index (χ4n) is 3.14. The first-order valence-corrected chi connectivity index (χ1v) is 6.96. The van der Waals surface area contributed by atoms with Gasteiger partial charge < -0.3 is 15.3 Å². The third-order valence-corrected chi connectivity index (χ3v) is 5.35. The van der Waals surface area contributed by atoms with Gasteiger partial charge in [0, 0.05) is 19.1 Å². The first-order chi connectivity index (χ1) is 8.68. The molecule has 1 aliphatic carbocycles. The van der Waals surface area contributed by atoms with E-state index in [0.29, 0.717) is 19.5 Å². The Hall–Kier alpha value is -1.26. The Morgan fingerprint density at radius 2 is 1.79 bits per heavy atom. The maximum Gasteiger partial charge on any atom is 0.317 e. The number of rotatable bonds is 2. The quantitative estimate of drug-likeness (QED) is 0.804. The van der Waals surface area contributed by atoms with Crippen LogP contribution in [0.15, 0.2) is 0 Å². The summed E-state index contributed by atoms with van der Waals surface area (Å²) in [4.78, 5) is 24.9. The molecule has 2 N–H and O–H groups in total. The molecule has 0 aromatic heterocycles. The van der Waals surface area contributed by atoms with E-state index < -0.39 is 11.9 Å². The van der Waals surface area contributed by atoms with E-state index >= 15 is 0 Å². The molecule has 0 unspecified atom stereocenters. The predicted molar refractivity (Wildman–Crippen MR) is 71.8 cm³/mol. The van der Waals surface area contributed by atoms with Crippen molar-refractivity contribution in [3.05, 3.63) is 0 Å². The summed E-state index contributed by atoms with van der Waals surface area (Å²) in [6, 6.07) is 0.0484. The molecule has 1 atom stereocenters. The van der Waals surface area contributed by atoms with Crippen LogP contribution >= 0.6 is 0 Å². The highest BCUT2D eigenvalue weighted by atomic mass is 16.4. The fraction of sp³-hybridized carbons (Fsp3) is 0.857. The number of carboxylic acid groups (broad SMARTS) is 1. The van der Waals surface area contributed by atoms with E-state index in [1.54, 1.807) is 4.90 Å². The van der Waals surface area contributed by atoms with Crippen LogP contribution in [0.5, 0.6) is 0 Å². The lowest BCUT2D eigenvalue weighted by Gasteiger charge is -2.31. The van der Waals surface area contributed by atoms with Gasteiger partial charge in [0.05, 0.1) is 5.92 Å². The van der Waals surface area contributed by atoms with Crippen molar-refractivity contribution in [2.75, 3.05) is 13.1 Å². The molecule has 1 heterocycles. The van der Waals surface area contributed by atoms with Crippen LogP contribution in [0.3, 0.4) is 0 Å². The second-order valence-electron chi connectivity index (χ2n) is 6.95. The number of nitrogens with one attached hydrogen (secondary N) is 1. The molecule has 19 heavy (non-hydrogen) atoms. The normalized spacial score (nSPS) is 28.8. The molecular weight excluding hydrogens is 244 g/mol. The summed E-state index contributed by atoms with van der Waals surface area (Å²) in [5.41, 5.74) is 0.204. The van der Waals surface area contributed by atoms with Crippen LogP contribution < -0.4 is 5.32 Å². The van der Waals surface area contributed by atoms with Crippen molar-refractivity contribution in [3.8, 4) is 0 Å². The van der Waals surface area contributed by atoms with E-state index in [4.69, 9.17) is 5.11 Å². The van der Waals surface area contributed by atoms with Gasteiger partial charge in [-0.2, -0.15) is 0 Å². The zero-order valence-corrected chi connectivity index (χ0v) is 12.2. The third-order valence-electron chi connectivity index (χ3n) is 5.35. The smallest absolute Gasteiger partial charge is 0.317 e. The van der Waals surface area contributed by atoms with E-state index in [0.717, 1.165) is 6.42 Å². The van der Waals surface area contributed by atoms with Crippen molar-refractivity contribution in [2.45, 2.75) is 46.6 Å². The minimum atomic E-state index is -0.801. The molecule has 1 saturated heterocycles. The molecule has 1 aliphatic heterocycles. The van der Waals surface area contributed by atoms with Gasteiger partial charge in [0.25, 0.3) is 0 Å². The molecule has 2 rings (SSSR count). The fourth-order valence-corrected chi connectivity index (χ4v) is 3.14. The number of likely N-dealkylation sites (tertiary alicyclic amines) is 1.